The predicted octanol–water partition coefficient (Wildman–Crippen LogP) is -0.145. The molecule has 4 rings (SSSR count). The molecule has 0 saturated carbocycles. The van der Waals surface area contributed by atoms with Gasteiger partial charge in [-0.1, -0.05) is 0 Å². The first-order valence-electron chi connectivity index (χ1n) is 10.3. The monoisotopic (exact) mass is 421 g/mol. The minimum atomic E-state index is -0.00253. The lowest BCUT2D eigenvalue weighted by Crippen LogP contribution is -3.14. The third-order valence-corrected chi connectivity index (χ3v) is 6.15. The molecule has 29 heavy (non-hydrogen) atoms. The lowest BCUT2D eigenvalue weighted by atomic mass is 9.96. The summed E-state index contributed by atoms with van der Waals surface area (Å²) in [7, 11) is 0. The van der Waals surface area contributed by atoms with Gasteiger partial charge in [-0.3, -0.25) is 4.79 Å². The molecule has 1 amide bonds. The molecule has 2 fully saturated rings. The Bertz CT molecular complexity index is 733. The highest BCUT2D eigenvalue weighted by Gasteiger charge is 2.26. The Morgan fingerprint density at radius 2 is 1.93 bits per heavy atom. The fourth-order valence-corrected chi connectivity index (χ4v) is 4.22. The zero-order chi connectivity index (χ0) is 20.1. The van der Waals surface area contributed by atoms with E-state index in [1.165, 1.54) is 0 Å². The van der Waals surface area contributed by atoms with Crippen molar-refractivity contribution in [3.8, 4) is 11.5 Å². The third kappa shape index (κ3) is 5.29. The second-order valence-electron chi connectivity index (χ2n) is 7.66. The summed E-state index contributed by atoms with van der Waals surface area (Å²) in [6, 6.07) is 5.48. The number of carbonyl (C=O) groups excluding carboxylic acids is 1. The first-order valence-corrected chi connectivity index (χ1v) is 10.7. The zero-order valence-electron chi connectivity index (χ0n) is 16.6. The van der Waals surface area contributed by atoms with Gasteiger partial charge in [-0.25, -0.2) is 0 Å². The molecule has 9 heteroatoms. The lowest BCUT2D eigenvalue weighted by Gasteiger charge is -2.33. The second-order valence-corrected chi connectivity index (χ2v) is 8.05. The molecule has 0 atom stereocenters. The van der Waals surface area contributed by atoms with Crippen LogP contribution in [0.1, 0.15) is 12.8 Å². The molecule has 1 aromatic carbocycles. The smallest absolute Gasteiger partial charge is 0.231 e. The summed E-state index contributed by atoms with van der Waals surface area (Å²) in [5.74, 6) is 1.44. The Balaban J connectivity index is 1.17. The standard InChI is InChI=1S/C20H28N4O4S/c25-19(22-16-1-2-17-18(13-16)28-14-27-17)15-3-6-24(7-4-15)20(29)21-5-8-23-9-11-26-12-10-23/h1-2,13,15H,3-12,14H2,(H,21,29)(H,22,25)/p+1. The van der Waals surface area contributed by atoms with Gasteiger partial charge in [0.05, 0.1) is 26.3 Å². The number of morpholine rings is 1. The lowest BCUT2D eigenvalue weighted by molar-refractivity contribution is -0.906. The summed E-state index contributed by atoms with van der Waals surface area (Å²) in [4.78, 5) is 16.4. The minimum absolute atomic E-state index is 0.00253. The molecule has 0 unspecified atom stereocenters. The summed E-state index contributed by atoms with van der Waals surface area (Å²) in [5.41, 5.74) is 0.740. The molecule has 0 aromatic heterocycles. The highest BCUT2D eigenvalue weighted by molar-refractivity contribution is 7.80. The van der Waals surface area contributed by atoms with E-state index in [-0.39, 0.29) is 18.6 Å². The van der Waals surface area contributed by atoms with Gasteiger partial charge in [0.15, 0.2) is 16.6 Å². The Morgan fingerprint density at radius 1 is 1.17 bits per heavy atom. The van der Waals surface area contributed by atoms with Gasteiger partial charge in [0, 0.05) is 30.8 Å². The summed E-state index contributed by atoms with van der Waals surface area (Å²) < 4.78 is 16.1. The van der Waals surface area contributed by atoms with Gasteiger partial charge < -0.3 is 34.6 Å². The maximum absolute atomic E-state index is 12.6. The van der Waals surface area contributed by atoms with Gasteiger partial charge in [0.2, 0.25) is 12.7 Å². The number of carbonyl (C=O) groups is 1. The molecule has 3 aliphatic heterocycles. The van der Waals surface area contributed by atoms with Crippen molar-refractivity contribution in [2.24, 2.45) is 5.92 Å². The van der Waals surface area contributed by atoms with E-state index in [9.17, 15) is 4.79 Å². The van der Waals surface area contributed by atoms with Crippen LogP contribution in [0.3, 0.4) is 0 Å². The number of nitrogens with zero attached hydrogens (tertiary/aromatic N) is 1. The van der Waals surface area contributed by atoms with Gasteiger partial charge in [-0.15, -0.1) is 0 Å². The first-order chi connectivity index (χ1) is 14.2. The molecular formula is C20H29N4O4S+. The number of piperidine rings is 1. The van der Waals surface area contributed by atoms with Crippen LogP contribution < -0.4 is 25.0 Å². The zero-order valence-corrected chi connectivity index (χ0v) is 17.4. The fourth-order valence-electron chi connectivity index (χ4n) is 3.93. The van der Waals surface area contributed by atoms with Crippen LogP contribution >= 0.6 is 12.2 Å². The van der Waals surface area contributed by atoms with Crippen molar-refractivity contribution < 1.29 is 23.9 Å². The van der Waals surface area contributed by atoms with E-state index in [2.05, 4.69) is 15.5 Å². The minimum Gasteiger partial charge on any atom is -0.454 e. The number of nitrogens with one attached hydrogen (secondary N) is 3. The number of anilines is 1. The highest BCUT2D eigenvalue weighted by Crippen LogP contribution is 2.34. The van der Waals surface area contributed by atoms with Crippen molar-refractivity contribution in [1.82, 2.24) is 10.2 Å². The molecular weight excluding hydrogens is 392 g/mol. The molecule has 0 spiro atoms. The van der Waals surface area contributed by atoms with Crippen LogP contribution in [0.5, 0.6) is 11.5 Å². The summed E-state index contributed by atoms with van der Waals surface area (Å²) in [6.45, 7) is 7.59. The van der Waals surface area contributed by atoms with Crippen molar-refractivity contribution in [3.63, 3.8) is 0 Å². The summed E-state index contributed by atoms with van der Waals surface area (Å²) in [6.07, 6.45) is 1.60. The number of amides is 1. The summed E-state index contributed by atoms with van der Waals surface area (Å²) in [5, 5.41) is 7.18. The normalized spacial score (nSPS) is 19.8. The van der Waals surface area contributed by atoms with Crippen LogP contribution in [0.4, 0.5) is 5.69 Å². The quantitative estimate of drug-likeness (QED) is 0.571. The molecule has 2 saturated heterocycles. The number of rotatable bonds is 5. The number of ether oxygens (including phenoxy) is 3. The maximum Gasteiger partial charge on any atom is 0.231 e. The predicted molar refractivity (Wildman–Crippen MR) is 112 cm³/mol. The Hall–Kier alpha value is -2.10. The van der Waals surface area contributed by atoms with Gasteiger partial charge in [0.1, 0.15) is 13.1 Å². The van der Waals surface area contributed by atoms with E-state index in [0.29, 0.717) is 11.5 Å². The molecule has 158 valence electrons. The van der Waals surface area contributed by atoms with Crippen LogP contribution in [0, 0.1) is 5.92 Å². The third-order valence-electron chi connectivity index (χ3n) is 5.75. The van der Waals surface area contributed by atoms with Crippen LogP contribution in [0.2, 0.25) is 0 Å². The van der Waals surface area contributed by atoms with Gasteiger partial charge >= 0.3 is 0 Å². The second kappa shape index (κ2) is 9.60. The average Bonchev–Trinajstić information content (AvgIpc) is 3.22. The first kappa shape index (κ1) is 20.2. The van der Waals surface area contributed by atoms with E-state index in [4.69, 9.17) is 26.4 Å². The summed E-state index contributed by atoms with van der Waals surface area (Å²) >= 11 is 5.55. The number of fused-ring (bicyclic) bond motifs is 1. The largest absolute Gasteiger partial charge is 0.454 e. The molecule has 3 aliphatic rings. The molecule has 3 N–H and O–H groups in total. The number of benzene rings is 1. The number of hydrogen-bond acceptors (Lipinski definition) is 5. The van der Waals surface area contributed by atoms with Crippen molar-refractivity contribution in [3.05, 3.63) is 18.2 Å². The van der Waals surface area contributed by atoms with Gasteiger partial charge in [0.25, 0.3) is 0 Å². The van der Waals surface area contributed by atoms with E-state index >= 15 is 0 Å². The van der Waals surface area contributed by atoms with Crippen LogP contribution in [0.15, 0.2) is 18.2 Å². The van der Waals surface area contributed by atoms with Crippen molar-refractivity contribution in [2.45, 2.75) is 12.8 Å². The van der Waals surface area contributed by atoms with Crippen molar-refractivity contribution in [2.75, 3.05) is 64.6 Å². The molecule has 0 aliphatic carbocycles. The van der Waals surface area contributed by atoms with Crippen LogP contribution in [0.25, 0.3) is 0 Å². The Labute approximate surface area is 176 Å². The van der Waals surface area contributed by atoms with Crippen molar-refractivity contribution in [1.29, 1.82) is 0 Å². The molecule has 0 radical (unpaired) electrons. The van der Waals surface area contributed by atoms with Crippen LogP contribution in [-0.2, 0) is 9.53 Å². The fraction of sp³-hybridized carbons (Fsp3) is 0.600. The number of quaternary nitrogens is 1. The average molecular weight is 422 g/mol. The van der Waals surface area contributed by atoms with E-state index in [0.717, 1.165) is 76.1 Å². The van der Waals surface area contributed by atoms with Gasteiger partial charge in [-0.2, -0.15) is 0 Å². The van der Waals surface area contributed by atoms with Crippen molar-refractivity contribution >= 4 is 28.9 Å². The molecule has 3 heterocycles. The highest BCUT2D eigenvalue weighted by atomic mass is 32.1. The van der Waals surface area contributed by atoms with E-state index in [1.807, 2.05) is 18.2 Å². The number of likely N-dealkylation sites (tertiary alicyclic amines) is 1. The Kier molecular flexibility index (Phi) is 6.68. The molecule has 1 aromatic rings. The Morgan fingerprint density at radius 3 is 2.72 bits per heavy atom. The van der Waals surface area contributed by atoms with Crippen LogP contribution in [-0.4, -0.2) is 75.2 Å². The number of thiocarbonyl (C=S) groups is 1. The molecule has 8 nitrogen and oxygen atoms in total. The SMILES string of the molecule is O=C(Nc1ccc2c(c1)OCO2)C1CCN(C(=S)NCC[NH+]2CCOCC2)CC1. The topological polar surface area (TPSA) is 76.5 Å². The maximum atomic E-state index is 12.6. The van der Waals surface area contributed by atoms with Gasteiger partial charge in [-0.05, 0) is 37.2 Å². The van der Waals surface area contributed by atoms with E-state index < -0.39 is 0 Å². The molecule has 0 bridgehead atoms. The number of hydrogen-bond donors (Lipinski definition) is 3. The van der Waals surface area contributed by atoms with E-state index in [1.54, 1.807) is 4.90 Å².